The molecular formula is C22H22N2O6. The number of anilines is 1. The molecule has 1 amide bonds. The van der Waals surface area contributed by atoms with E-state index in [1.807, 2.05) is 6.92 Å². The minimum Gasteiger partial charge on any atom is -0.493 e. The predicted octanol–water partition coefficient (Wildman–Crippen LogP) is 3.08. The highest BCUT2D eigenvalue weighted by atomic mass is 16.5. The summed E-state index contributed by atoms with van der Waals surface area (Å²) in [5.74, 6) is -0.271. The third-order valence-electron chi connectivity index (χ3n) is 4.76. The minimum absolute atomic E-state index is 0.223. The second kappa shape index (κ2) is 8.69. The van der Waals surface area contributed by atoms with Crippen LogP contribution < -0.4 is 20.3 Å². The zero-order chi connectivity index (χ0) is 21.8. The van der Waals surface area contributed by atoms with Gasteiger partial charge in [-0.1, -0.05) is 12.1 Å². The molecule has 156 valence electrons. The van der Waals surface area contributed by atoms with E-state index in [0.717, 1.165) is 0 Å². The summed E-state index contributed by atoms with van der Waals surface area (Å²) in [4.78, 5) is 38.0. The summed E-state index contributed by atoms with van der Waals surface area (Å²) >= 11 is 0. The van der Waals surface area contributed by atoms with Crippen LogP contribution in [-0.2, 0) is 11.3 Å². The van der Waals surface area contributed by atoms with Crippen molar-refractivity contribution < 1.29 is 23.8 Å². The van der Waals surface area contributed by atoms with E-state index in [1.54, 1.807) is 36.4 Å². The van der Waals surface area contributed by atoms with Crippen LogP contribution in [0.1, 0.15) is 27.6 Å². The van der Waals surface area contributed by atoms with Crippen LogP contribution in [0.25, 0.3) is 10.8 Å². The fourth-order valence-corrected chi connectivity index (χ4v) is 3.20. The number of esters is 1. The van der Waals surface area contributed by atoms with Crippen LogP contribution in [0.5, 0.6) is 11.5 Å². The molecule has 0 aliphatic rings. The summed E-state index contributed by atoms with van der Waals surface area (Å²) in [5.41, 5.74) is 0.532. The molecule has 0 fully saturated rings. The van der Waals surface area contributed by atoms with Gasteiger partial charge in [-0.05, 0) is 31.2 Å². The minimum atomic E-state index is -0.569. The number of pyridine rings is 1. The van der Waals surface area contributed by atoms with Crippen molar-refractivity contribution in [3.8, 4) is 11.5 Å². The zero-order valence-electron chi connectivity index (χ0n) is 17.1. The third kappa shape index (κ3) is 3.71. The van der Waals surface area contributed by atoms with E-state index in [2.05, 4.69) is 5.32 Å². The van der Waals surface area contributed by atoms with Crippen molar-refractivity contribution in [1.82, 2.24) is 4.57 Å². The van der Waals surface area contributed by atoms with Crippen molar-refractivity contribution in [2.24, 2.45) is 0 Å². The topological polar surface area (TPSA) is 95.9 Å². The van der Waals surface area contributed by atoms with Crippen LogP contribution >= 0.6 is 0 Å². The number of nitrogens with one attached hydrogen (secondary N) is 1. The van der Waals surface area contributed by atoms with Crippen molar-refractivity contribution in [2.75, 3.05) is 26.6 Å². The van der Waals surface area contributed by atoms with Crippen molar-refractivity contribution in [2.45, 2.75) is 13.5 Å². The number of hydrogen-bond donors (Lipinski definition) is 1. The van der Waals surface area contributed by atoms with Gasteiger partial charge in [0.25, 0.3) is 11.5 Å². The fraction of sp³-hybridized carbons (Fsp3) is 0.227. The highest BCUT2D eigenvalue weighted by molar-refractivity contribution is 6.14. The first-order valence-electron chi connectivity index (χ1n) is 9.23. The number of fused-ring (bicyclic) bond motifs is 1. The van der Waals surface area contributed by atoms with E-state index in [0.29, 0.717) is 34.5 Å². The molecule has 0 unspecified atom stereocenters. The highest BCUT2D eigenvalue weighted by Gasteiger charge is 2.20. The molecule has 1 heterocycles. The molecule has 0 aliphatic carbocycles. The Kier molecular flexibility index (Phi) is 6.06. The second-order valence-corrected chi connectivity index (χ2v) is 6.38. The second-order valence-electron chi connectivity index (χ2n) is 6.38. The molecule has 30 heavy (non-hydrogen) atoms. The number of hydrogen-bond acceptors (Lipinski definition) is 6. The first kappa shape index (κ1) is 20.9. The Hall–Kier alpha value is -3.81. The van der Waals surface area contributed by atoms with E-state index in [-0.39, 0.29) is 16.7 Å². The van der Waals surface area contributed by atoms with Gasteiger partial charge in [0.05, 0.1) is 43.5 Å². The first-order chi connectivity index (χ1) is 14.4. The van der Waals surface area contributed by atoms with E-state index in [9.17, 15) is 14.4 Å². The summed E-state index contributed by atoms with van der Waals surface area (Å²) in [5, 5.41) is 3.48. The molecule has 8 heteroatoms. The number of methoxy groups -OCH3 is 3. The number of amides is 1. The van der Waals surface area contributed by atoms with Crippen molar-refractivity contribution in [3.63, 3.8) is 0 Å². The molecular weight excluding hydrogens is 388 g/mol. The first-order valence-corrected chi connectivity index (χ1v) is 9.23. The van der Waals surface area contributed by atoms with Gasteiger partial charge in [0.1, 0.15) is 0 Å². The summed E-state index contributed by atoms with van der Waals surface area (Å²) in [7, 11) is 4.22. The molecule has 0 saturated carbocycles. The molecule has 2 aromatic carbocycles. The maximum absolute atomic E-state index is 13.2. The third-order valence-corrected chi connectivity index (χ3v) is 4.76. The highest BCUT2D eigenvalue weighted by Crippen LogP contribution is 2.32. The van der Waals surface area contributed by atoms with Crippen molar-refractivity contribution in [1.29, 1.82) is 0 Å². The van der Waals surface area contributed by atoms with Crippen LogP contribution in [0.4, 0.5) is 5.69 Å². The SMILES string of the molecule is CCn1cc(C(=O)Nc2ccccc2C(=O)OC)c2cc(OC)c(OC)cc2c1=O. The van der Waals surface area contributed by atoms with Gasteiger partial charge in [-0.3, -0.25) is 9.59 Å². The quantitative estimate of drug-likeness (QED) is 0.628. The molecule has 1 aromatic heterocycles. The Balaban J connectivity index is 2.18. The van der Waals surface area contributed by atoms with Gasteiger partial charge in [-0.15, -0.1) is 0 Å². The summed E-state index contributed by atoms with van der Waals surface area (Å²) < 4.78 is 16.8. The number of carbonyl (C=O) groups excluding carboxylic acids is 2. The van der Waals surface area contributed by atoms with Crippen molar-refractivity contribution >= 4 is 28.3 Å². The lowest BCUT2D eigenvalue weighted by Crippen LogP contribution is -2.23. The maximum Gasteiger partial charge on any atom is 0.339 e. The van der Waals surface area contributed by atoms with Gasteiger partial charge in [-0.2, -0.15) is 0 Å². The zero-order valence-corrected chi connectivity index (χ0v) is 17.1. The van der Waals surface area contributed by atoms with Crippen LogP contribution in [-0.4, -0.2) is 37.8 Å². The smallest absolute Gasteiger partial charge is 0.339 e. The molecule has 0 aliphatic heterocycles. The molecule has 0 spiro atoms. The summed E-state index contributed by atoms with van der Waals surface area (Å²) in [6, 6.07) is 9.68. The largest absolute Gasteiger partial charge is 0.493 e. The number of aromatic nitrogens is 1. The Morgan fingerprint density at radius 2 is 1.60 bits per heavy atom. The number of para-hydroxylation sites is 1. The molecule has 1 N–H and O–H groups in total. The van der Waals surface area contributed by atoms with Gasteiger partial charge in [0.15, 0.2) is 11.5 Å². The Bertz CT molecular complexity index is 1180. The molecule has 8 nitrogen and oxygen atoms in total. The maximum atomic E-state index is 13.2. The van der Waals surface area contributed by atoms with Gasteiger partial charge in [0, 0.05) is 18.1 Å². The number of ether oxygens (including phenoxy) is 3. The number of aryl methyl sites for hydroxylation is 1. The fourth-order valence-electron chi connectivity index (χ4n) is 3.20. The number of rotatable bonds is 6. The van der Waals surface area contributed by atoms with Crippen LogP contribution in [0.3, 0.4) is 0 Å². The number of carbonyl (C=O) groups is 2. The molecule has 3 rings (SSSR count). The van der Waals surface area contributed by atoms with Gasteiger partial charge in [0.2, 0.25) is 0 Å². The van der Waals surface area contributed by atoms with Crippen molar-refractivity contribution in [3.05, 3.63) is 64.1 Å². The Morgan fingerprint density at radius 1 is 0.967 bits per heavy atom. The molecule has 0 radical (unpaired) electrons. The Morgan fingerprint density at radius 3 is 2.20 bits per heavy atom. The normalized spacial score (nSPS) is 10.5. The molecule has 0 bridgehead atoms. The lowest BCUT2D eigenvalue weighted by Gasteiger charge is -2.15. The van der Waals surface area contributed by atoms with Gasteiger partial charge >= 0.3 is 5.97 Å². The standard InChI is InChI=1S/C22H22N2O6/c1-5-24-12-16(14-10-18(28-2)19(29-3)11-15(14)21(24)26)20(25)23-17-9-7-6-8-13(17)22(27)30-4/h6-12H,5H2,1-4H3,(H,23,25). The van der Waals surface area contributed by atoms with E-state index in [4.69, 9.17) is 14.2 Å². The van der Waals surface area contributed by atoms with Crippen LogP contribution in [0.15, 0.2) is 47.4 Å². The lowest BCUT2D eigenvalue weighted by atomic mass is 10.0. The van der Waals surface area contributed by atoms with Crippen LogP contribution in [0, 0.1) is 0 Å². The molecule has 0 saturated heterocycles. The van der Waals surface area contributed by atoms with Gasteiger partial charge in [-0.25, -0.2) is 4.79 Å². The number of benzene rings is 2. The monoisotopic (exact) mass is 410 g/mol. The molecule has 0 atom stereocenters. The predicted molar refractivity (Wildman–Crippen MR) is 113 cm³/mol. The lowest BCUT2D eigenvalue weighted by molar-refractivity contribution is 0.0602. The van der Waals surface area contributed by atoms with E-state index in [1.165, 1.54) is 32.1 Å². The van der Waals surface area contributed by atoms with E-state index >= 15 is 0 Å². The van der Waals surface area contributed by atoms with Gasteiger partial charge < -0.3 is 24.1 Å². The van der Waals surface area contributed by atoms with E-state index < -0.39 is 11.9 Å². The summed E-state index contributed by atoms with van der Waals surface area (Å²) in [6.45, 7) is 2.18. The molecule has 3 aromatic rings. The average Bonchev–Trinajstić information content (AvgIpc) is 2.78. The summed E-state index contributed by atoms with van der Waals surface area (Å²) in [6.07, 6.45) is 1.49. The number of nitrogens with zero attached hydrogens (tertiary/aromatic N) is 1. The van der Waals surface area contributed by atoms with Crippen LogP contribution in [0.2, 0.25) is 0 Å². The Labute approximate surface area is 173 Å². The average molecular weight is 410 g/mol.